The van der Waals surface area contributed by atoms with Crippen LogP contribution in [-0.2, 0) is 54.8 Å². The van der Waals surface area contributed by atoms with Crippen LogP contribution in [0, 0.1) is 0 Å². The molecule has 0 amide bonds. The van der Waals surface area contributed by atoms with Gasteiger partial charge >= 0.3 is 0 Å². The zero-order valence-corrected chi connectivity index (χ0v) is 51.3. The average molecular weight is 1110 g/mol. The smallest absolute Gasteiger partial charge is 0.126 e. The molecular formula is C67H86Cl2N4O6. The second-order valence-electron chi connectivity index (χ2n) is 24.5. The Kier molecular flexibility index (Phi) is 18.6. The minimum Gasteiger partial charge on any atom is -0.496 e. The molecule has 3 aliphatic heterocycles. The molecule has 3 aliphatic rings. The highest BCUT2D eigenvalue weighted by Crippen LogP contribution is 2.45. The minimum atomic E-state index is -0.154. The molecule has 0 aromatic heterocycles. The Hall–Kier alpha value is -5.94. The number of ether oxygens (including phenoxy) is 6. The van der Waals surface area contributed by atoms with Crippen LogP contribution in [-0.4, -0.2) is 92.2 Å². The minimum absolute atomic E-state index is 0.154. The average Bonchev–Trinajstić information content (AvgIpc) is 3.40. The van der Waals surface area contributed by atoms with Crippen LogP contribution in [0.3, 0.4) is 0 Å². The van der Waals surface area contributed by atoms with E-state index < -0.39 is 0 Å². The van der Waals surface area contributed by atoms with Crippen molar-refractivity contribution < 1.29 is 28.4 Å². The van der Waals surface area contributed by atoms with E-state index in [1.165, 1.54) is 16.7 Å². The third-order valence-corrected chi connectivity index (χ3v) is 15.8. The van der Waals surface area contributed by atoms with Gasteiger partial charge in [0.2, 0.25) is 0 Å². The molecule has 424 valence electrons. The second kappa shape index (κ2) is 24.8. The molecule has 0 atom stereocenters. The molecule has 0 aliphatic carbocycles. The van der Waals surface area contributed by atoms with E-state index in [-0.39, 0.29) is 21.6 Å². The normalized spacial score (nSPS) is 14.8. The van der Waals surface area contributed by atoms with E-state index in [9.17, 15) is 0 Å². The highest BCUT2D eigenvalue weighted by molar-refractivity contribution is 6.40. The number of alkyl halides is 2. The first-order valence-electron chi connectivity index (χ1n) is 27.9. The molecule has 12 heteroatoms. The number of hydrogen-bond acceptors (Lipinski definition) is 10. The van der Waals surface area contributed by atoms with Crippen molar-refractivity contribution in [2.45, 2.75) is 117 Å². The monoisotopic (exact) mass is 1110 g/mol. The van der Waals surface area contributed by atoms with Crippen molar-refractivity contribution in [2.75, 3.05) is 103 Å². The molecule has 10 nitrogen and oxygen atoms in total. The number of hydrogen-bond donors (Lipinski definition) is 3. The van der Waals surface area contributed by atoms with Crippen LogP contribution >= 0.6 is 23.2 Å². The zero-order valence-electron chi connectivity index (χ0n) is 49.8. The molecular weight excluding hydrogens is 1030 g/mol. The van der Waals surface area contributed by atoms with Gasteiger partial charge in [0.15, 0.2) is 0 Å². The van der Waals surface area contributed by atoms with Crippen molar-refractivity contribution >= 4 is 40.3 Å². The third kappa shape index (κ3) is 13.5. The Labute approximate surface area is 482 Å². The Balaban J connectivity index is 0.00000268. The molecule has 0 fully saturated rings. The van der Waals surface area contributed by atoms with Gasteiger partial charge in [0, 0.05) is 128 Å². The van der Waals surface area contributed by atoms with Crippen molar-refractivity contribution in [1.29, 1.82) is 0 Å². The fourth-order valence-corrected chi connectivity index (χ4v) is 11.9. The zero-order chi connectivity index (χ0) is 57.0. The lowest BCUT2D eigenvalue weighted by molar-refractivity contribution is 0.306. The van der Waals surface area contributed by atoms with Crippen molar-refractivity contribution in [3.8, 4) is 34.5 Å². The third-order valence-electron chi connectivity index (χ3n) is 15.8. The molecule has 3 N–H and O–H groups in total. The van der Waals surface area contributed by atoms with Gasteiger partial charge in [-0.25, -0.2) is 0 Å². The van der Waals surface area contributed by atoms with Gasteiger partial charge in [0.25, 0.3) is 0 Å². The van der Waals surface area contributed by atoms with Crippen molar-refractivity contribution in [2.24, 2.45) is 0 Å². The van der Waals surface area contributed by atoms with Gasteiger partial charge in [-0.15, -0.1) is 23.2 Å². The van der Waals surface area contributed by atoms with E-state index in [4.69, 9.17) is 51.6 Å². The maximum absolute atomic E-state index is 6.60. The molecule has 6 aromatic carbocycles. The van der Waals surface area contributed by atoms with Gasteiger partial charge in [-0.2, -0.15) is 0 Å². The summed E-state index contributed by atoms with van der Waals surface area (Å²) in [4.78, 5) is 2.56. The van der Waals surface area contributed by atoms with Crippen LogP contribution in [0.15, 0.2) is 72.8 Å². The summed E-state index contributed by atoms with van der Waals surface area (Å²) in [7, 11) is 10.9. The molecule has 9 rings (SSSR count). The number of methoxy groups -OCH3 is 6. The van der Waals surface area contributed by atoms with Gasteiger partial charge in [-0.3, -0.25) is 4.90 Å². The van der Waals surface area contributed by atoms with Crippen LogP contribution in [0.2, 0.25) is 0 Å². The number of rotatable bonds is 6. The quantitative estimate of drug-likeness (QED) is 0.140. The summed E-state index contributed by atoms with van der Waals surface area (Å²) in [5, 5.41) is 12.0. The number of benzene rings is 6. The molecule has 6 aromatic rings. The fourth-order valence-electron chi connectivity index (χ4n) is 11.9. The van der Waals surface area contributed by atoms with E-state index >= 15 is 0 Å². The van der Waals surface area contributed by atoms with Gasteiger partial charge < -0.3 is 44.4 Å². The predicted molar refractivity (Wildman–Crippen MR) is 329 cm³/mol. The Morgan fingerprint density at radius 3 is 0.646 bits per heavy atom. The van der Waals surface area contributed by atoms with Crippen LogP contribution in [0.25, 0.3) is 0 Å². The number of anilines is 3. The summed E-state index contributed by atoms with van der Waals surface area (Å²) in [6.07, 6.45) is 3.52. The molecule has 79 heavy (non-hydrogen) atoms. The molecule has 0 saturated carbocycles. The first kappa shape index (κ1) is 59.2. The number of halogens is 2. The number of nitrogens with zero attached hydrogens (tertiary/aromatic N) is 1. The van der Waals surface area contributed by atoms with Gasteiger partial charge in [0.05, 0.1) is 48.0 Å². The summed E-state index contributed by atoms with van der Waals surface area (Å²) in [6.45, 7) is 25.4. The number of nitrogens with one attached hydrogen (secondary N) is 3. The van der Waals surface area contributed by atoms with Crippen molar-refractivity contribution in [3.05, 3.63) is 156 Å². The lowest BCUT2D eigenvalue weighted by atomic mass is 9.81. The standard InChI is InChI=1S/C66H84N4O6.CH2Cl2/c1-64(2,3)52-28-40-22-46-34-55-36-48(61(46)74-13)24-42-30-53(65(4,5)6)32-44(59(42)72-11)26-50-38-57-39-51(63(50)76-15)27-45-33-54(66(7,8)9)31-43(60(45)73-12)25-49-37-56(68-17-20-70(19-16-67-55)21-18-69-57)35-47(62(49)75-14)23-41(29-52)58(40)71-10;2-1-3/h28-39,67-69H,16-27H2,1-15H3;1H2. The first-order valence-corrected chi connectivity index (χ1v) is 29.0. The van der Waals surface area contributed by atoms with E-state index in [2.05, 4.69) is 156 Å². The lowest BCUT2D eigenvalue weighted by Crippen LogP contribution is -2.36. The summed E-state index contributed by atoms with van der Waals surface area (Å²) >= 11 is 9.53. The van der Waals surface area contributed by atoms with E-state index in [1.54, 1.807) is 0 Å². The molecule has 3 heterocycles. The van der Waals surface area contributed by atoms with Crippen LogP contribution in [0.1, 0.15) is 146 Å². The Morgan fingerprint density at radius 1 is 0.329 bits per heavy atom. The Bertz CT molecular complexity index is 2670. The van der Waals surface area contributed by atoms with E-state index in [0.717, 1.165) is 158 Å². The largest absolute Gasteiger partial charge is 0.496 e. The number of fused-ring (bicyclic) bond motifs is 18. The molecule has 0 radical (unpaired) electrons. The van der Waals surface area contributed by atoms with E-state index in [1.807, 2.05) is 42.7 Å². The highest BCUT2D eigenvalue weighted by atomic mass is 35.5. The SMILES string of the molecule is COc1c2cc3cc1Cc1cc(C(C)(C)C)cc(c1OC)Cc1cc4cc(c1OC)Cc1cc(C(C)(C)C)cc(c1OC)Cc1cc(cc(c1OC)Cc1cc(C(C)(C)C)cc(c1OC)C2)NCCN(CCN3)CCN4.ClCCl. The van der Waals surface area contributed by atoms with Crippen LogP contribution < -0.4 is 44.4 Å². The summed E-state index contributed by atoms with van der Waals surface area (Å²) in [6, 6.07) is 27.9. The summed E-state index contributed by atoms with van der Waals surface area (Å²) in [5.74, 6) is 5.20. The first-order chi connectivity index (χ1) is 37.6. The molecule has 16 bridgehead atoms. The van der Waals surface area contributed by atoms with Crippen LogP contribution in [0.5, 0.6) is 34.5 Å². The second-order valence-corrected chi connectivity index (χ2v) is 25.3. The molecule has 0 saturated heterocycles. The van der Waals surface area contributed by atoms with Crippen molar-refractivity contribution in [1.82, 2.24) is 4.90 Å². The lowest BCUT2D eigenvalue weighted by Gasteiger charge is -2.28. The van der Waals surface area contributed by atoms with Gasteiger partial charge in [-0.1, -0.05) is 98.7 Å². The molecule has 0 unspecified atom stereocenters. The molecule has 0 spiro atoms. The summed E-state index contributed by atoms with van der Waals surface area (Å²) in [5.41, 5.74) is 19.5. The predicted octanol–water partition coefficient (Wildman–Crippen LogP) is 14.5. The summed E-state index contributed by atoms with van der Waals surface area (Å²) < 4.78 is 39.6. The Morgan fingerprint density at radius 2 is 0.494 bits per heavy atom. The van der Waals surface area contributed by atoms with E-state index in [0.29, 0.717) is 38.5 Å². The van der Waals surface area contributed by atoms with Gasteiger partial charge in [0.1, 0.15) is 34.5 Å². The highest BCUT2D eigenvalue weighted by Gasteiger charge is 2.29. The maximum Gasteiger partial charge on any atom is 0.126 e. The topological polar surface area (TPSA) is 94.7 Å². The van der Waals surface area contributed by atoms with Crippen LogP contribution in [0.4, 0.5) is 17.1 Å². The fraction of sp³-hybridized carbons (Fsp3) is 0.463. The van der Waals surface area contributed by atoms with Gasteiger partial charge in [-0.05, 0) is 103 Å². The maximum atomic E-state index is 6.60. The van der Waals surface area contributed by atoms with Crippen molar-refractivity contribution in [3.63, 3.8) is 0 Å².